The Hall–Kier alpha value is -2.16. The number of hydrogen-bond donors (Lipinski definition) is 0. The maximum atomic E-state index is 11.5. The summed E-state index contributed by atoms with van der Waals surface area (Å²) in [6.45, 7) is 6.51. The van der Waals surface area contributed by atoms with Crippen molar-refractivity contribution in [2.24, 2.45) is 0 Å². The van der Waals surface area contributed by atoms with Crippen molar-refractivity contribution in [3.05, 3.63) is 53.7 Å². The van der Waals surface area contributed by atoms with Gasteiger partial charge in [-0.3, -0.25) is 4.79 Å². The summed E-state index contributed by atoms with van der Waals surface area (Å²) in [5.41, 5.74) is 2.99. The first kappa shape index (κ1) is 13.3. The fourth-order valence-corrected chi connectivity index (χ4v) is 2.06. The number of carbonyl (C=O) groups is 1. The second-order valence-electron chi connectivity index (χ2n) is 4.54. The number of pyridine rings is 1. The standard InChI is InChI=1S/C16H18N2O/c1-4-18(15-7-5-6-12(2)10-15)16-11-14(13(3)19)8-9-17-16/h5-11H,4H2,1-3H3. The van der Waals surface area contributed by atoms with Gasteiger partial charge in [0.1, 0.15) is 5.82 Å². The van der Waals surface area contributed by atoms with Gasteiger partial charge in [0.2, 0.25) is 0 Å². The summed E-state index contributed by atoms with van der Waals surface area (Å²) in [4.78, 5) is 17.9. The normalized spacial score (nSPS) is 10.3. The molecule has 0 bridgehead atoms. The SMILES string of the molecule is CCN(c1cccc(C)c1)c1cc(C(C)=O)ccn1. The molecule has 3 nitrogen and oxygen atoms in total. The predicted octanol–water partition coefficient (Wildman–Crippen LogP) is 3.75. The number of anilines is 2. The van der Waals surface area contributed by atoms with Gasteiger partial charge in [-0.15, -0.1) is 0 Å². The van der Waals surface area contributed by atoms with E-state index in [1.807, 2.05) is 12.1 Å². The van der Waals surface area contributed by atoms with Gasteiger partial charge >= 0.3 is 0 Å². The number of aromatic nitrogens is 1. The summed E-state index contributed by atoms with van der Waals surface area (Å²) in [5.74, 6) is 0.866. The molecule has 0 radical (unpaired) electrons. The van der Waals surface area contributed by atoms with Crippen molar-refractivity contribution >= 4 is 17.3 Å². The quantitative estimate of drug-likeness (QED) is 0.779. The van der Waals surface area contributed by atoms with Crippen LogP contribution in [0.2, 0.25) is 0 Å². The Balaban J connectivity index is 2.42. The predicted molar refractivity (Wildman–Crippen MR) is 78.1 cm³/mol. The first-order valence-electron chi connectivity index (χ1n) is 6.43. The van der Waals surface area contributed by atoms with Crippen molar-refractivity contribution in [2.45, 2.75) is 20.8 Å². The molecule has 98 valence electrons. The average molecular weight is 254 g/mol. The van der Waals surface area contributed by atoms with Crippen molar-refractivity contribution < 1.29 is 4.79 Å². The lowest BCUT2D eigenvalue weighted by Gasteiger charge is -2.22. The van der Waals surface area contributed by atoms with Gasteiger partial charge in [0, 0.05) is 24.0 Å². The van der Waals surface area contributed by atoms with Crippen LogP contribution in [0.1, 0.15) is 29.8 Å². The zero-order valence-electron chi connectivity index (χ0n) is 11.6. The molecule has 19 heavy (non-hydrogen) atoms. The summed E-state index contributed by atoms with van der Waals surface area (Å²) < 4.78 is 0. The third-order valence-electron chi connectivity index (χ3n) is 3.06. The highest BCUT2D eigenvalue weighted by Gasteiger charge is 2.10. The number of aryl methyl sites for hydroxylation is 1. The average Bonchev–Trinajstić information content (AvgIpc) is 2.40. The zero-order valence-corrected chi connectivity index (χ0v) is 11.6. The summed E-state index contributed by atoms with van der Waals surface area (Å²) in [6.07, 6.45) is 1.69. The number of benzene rings is 1. The molecule has 0 unspecified atom stereocenters. The van der Waals surface area contributed by atoms with Crippen molar-refractivity contribution in [1.82, 2.24) is 4.98 Å². The maximum absolute atomic E-state index is 11.5. The molecule has 0 spiro atoms. The van der Waals surface area contributed by atoms with E-state index in [4.69, 9.17) is 0 Å². The second-order valence-corrected chi connectivity index (χ2v) is 4.54. The Bertz CT molecular complexity index is 593. The van der Waals surface area contributed by atoms with E-state index in [0.717, 1.165) is 18.1 Å². The first-order chi connectivity index (χ1) is 9.11. The molecule has 0 aliphatic carbocycles. The van der Waals surface area contributed by atoms with Crippen molar-refractivity contribution in [3.63, 3.8) is 0 Å². The minimum absolute atomic E-state index is 0.0592. The van der Waals surface area contributed by atoms with Crippen LogP contribution in [0.25, 0.3) is 0 Å². The molecule has 2 aromatic rings. The van der Waals surface area contributed by atoms with E-state index < -0.39 is 0 Å². The summed E-state index contributed by atoms with van der Waals surface area (Å²) in [5, 5.41) is 0. The third kappa shape index (κ3) is 2.99. The van der Waals surface area contributed by atoms with Crippen molar-refractivity contribution in [1.29, 1.82) is 0 Å². The number of hydrogen-bond acceptors (Lipinski definition) is 3. The Kier molecular flexibility index (Phi) is 3.95. The summed E-state index contributed by atoms with van der Waals surface area (Å²) in [7, 11) is 0. The van der Waals surface area contributed by atoms with Crippen LogP contribution in [-0.4, -0.2) is 17.3 Å². The van der Waals surface area contributed by atoms with Gasteiger partial charge in [-0.2, -0.15) is 0 Å². The van der Waals surface area contributed by atoms with Crippen molar-refractivity contribution in [2.75, 3.05) is 11.4 Å². The van der Waals surface area contributed by atoms with E-state index in [1.54, 1.807) is 19.2 Å². The van der Waals surface area contributed by atoms with Gasteiger partial charge < -0.3 is 4.90 Å². The molecule has 0 atom stereocenters. The Morgan fingerprint density at radius 2 is 2.05 bits per heavy atom. The second kappa shape index (κ2) is 5.65. The van der Waals surface area contributed by atoms with Crippen LogP contribution in [-0.2, 0) is 0 Å². The highest BCUT2D eigenvalue weighted by atomic mass is 16.1. The Labute approximate surface area is 113 Å². The van der Waals surface area contributed by atoms with E-state index in [0.29, 0.717) is 5.56 Å². The highest BCUT2D eigenvalue weighted by molar-refractivity contribution is 5.94. The van der Waals surface area contributed by atoms with Gasteiger partial charge in [-0.05, 0) is 50.6 Å². The number of ketones is 1. The Morgan fingerprint density at radius 3 is 2.68 bits per heavy atom. The highest BCUT2D eigenvalue weighted by Crippen LogP contribution is 2.24. The fourth-order valence-electron chi connectivity index (χ4n) is 2.06. The third-order valence-corrected chi connectivity index (χ3v) is 3.06. The van der Waals surface area contributed by atoms with Crippen molar-refractivity contribution in [3.8, 4) is 0 Å². The largest absolute Gasteiger partial charge is 0.327 e. The molecule has 0 fully saturated rings. The molecule has 0 amide bonds. The van der Waals surface area contributed by atoms with Crippen LogP contribution < -0.4 is 4.90 Å². The Morgan fingerprint density at radius 1 is 1.26 bits per heavy atom. The number of nitrogens with zero attached hydrogens (tertiary/aromatic N) is 2. The van der Waals surface area contributed by atoms with E-state index in [-0.39, 0.29) is 5.78 Å². The fraction of sp³-hybridized carbons (Fsp3) is 0.250. The number of rotatable bonds is 4. The lowest BCUT2D eigenvalue weighted by Crippen LogP contribution is -2.17. The molecule has 0 N–H and O–H groups in total. The maximum Gasteiger partial charge on any atom is 0.159 e. The van der Waals surface area contributed by atoms with E-state index in [1.165, 1.54) is 5.56 Å². The minimum atomic E-state index is 0.0592. The monoisotopic (exact) mass is 254 g/mol. The summed E-state index contributed by atoms with van der Waals surface area (Å²) >= 11 is 0. The lowest BCUT2D eigenvalue weighted by atomic mass is 10.1. The number of Topliss-reactive ketones (excluding diaryl/α,β-unsaturated/α-hetero) is 1. The van der Waals surface area contributed by atoms with Crippen LogP contribution in [0, 0.1) is 6.92 Å². The smallest absolute Gasteiger partial charge is 0.159 e. The van der Waals surface area contributed by atoms with E-state index in [2.05, 4.69) is 41.9 Å². The topological polar surface area (TPSA) is 33.2 Å². The molecule has 1 heterocycles. The zero-order chi connectivity index (χ0) is 13.8. The van der Waals surface area contributed by atoms with Crippen LogP contribution in [0.15, 0.2) is 42.6 Å². The van der Waals surface area contributed by atoms with Gasteiger partial charge in [-0.25, -0.2) is 4.98 Å². The van der Waals surface area contributed by atoms with Gasteiger partial charge in [0.15, 0.2) is 5.78 Å². The van der Waals surface area contributed by atoms with Crippen LogP contribution in [0.5, 0.6) is 0 Å². The van der Waals surface area contributed by atoms with E-state index in [9.17, 15) is 4.79 Å². The molecule has 1 aromatic carbocycles. The van der Waals surface area contributed by atoms with Crippen LogP contribution in [0.3, 0.4) is 0 Å². The molecule has 0 saturated heterocycles. The molecule has 0 aliphatic heterocycles. The molecular weight excluding hydrogens is 236 g/mol. The molecule has 1 aromatic heterocycles. The molecule has 2 rings (SSSR count). The van der Waals surface area contributed by atoms with Crippen LogP contribution in [0.4, 0.5) is 11.5 Å². The van der Waals surface area contributed by atoms with Crippen LogP contribution >= 0.6 is 0 Å². The lowest BCUT2D eigenvalue weighted by molar-refractivity contribution is 0.101. The molecule has 3 heteroatoms. The molecule has 0 aliphatic rings. The van der Waals surface area contributed by atoms with E-state index >= 15 is 0 Å². The van der Waals surface area contributed by atoms with Gasteiger partial charge in [-0.1, -0.05) is 12.1 Å². The first-order valence-corrected chi connectivity index (χ1v) is 6.43. The van der Waals surface area contributed by atoms with Gasteiger partial charge in [0.05, 0.1) is 0 Å². The molecule has 0 saturated carbocycles. The van der Waals surface area contributed by atoms with Gasteiger partial charge in [0.25, 0.3) is 0 Å². The number of carbonyl (C=O) groups excluding carboxylic acids is 1. The molecular formula is C16H18N2O. The summed E-state index contributed by atoms with van der Waals surface area (Å²) in [6, 6.07) is 11.9. The minimum Gasteiger partial charge on any atom is -0.327 e.